The van der Waals surface area contributed by atoms with Crippen molar-refractivity contribution in [3.63, 3.8) is 0 Å². The molecule has 0 aliphatic carbocycles. The Kier molecular flexibility index (Phi) is 13.9. The number of H-pyrrole nitrogens is 2. The average Bonchev–Trinajstić information content (AvgIpc) is 4.00. The molecule has 9 heteroatoms. The Labute approximate surface area is 360 Å². The predicted octanol–water partition coefficient (Wildman–Crippen LogP) is 11.3. The Morgan fingerprint density at radius 2 is 1.17 bits per heavy atom. The van der Waals surface area contributed by atoms with Gasteiger partial charge in [0.25, 0.3) is 0 Å². The fourth-order valence-corrected chi connectivity index (χ4v) is 7.82. The highest BCUT2D eigenvalue weighted by Gasteiger charge is 2.16. The van der Waals surface area contributed by atoms with Crippen LogP contribution in [-0.2, 0) is 39.2 Å². The lowest BCUT2D eigenvalue weighted by molar-refractivity contribution is 0.158. The lowest BCUT2D eigenvalue weighted by Gasteiger charge is -2.14. The molecule has 0 amide bonds. The number of nitrogens with one attached hydrogen (secondary N) is 2. The van der Waals surface area contributed by atoms with Crippen molar-refractivity contribution in [1.29, 1.82) is 0 Å². The molecule has 3 heterocycles. The summed E-state index contributed by atoms with van der Waals surface area (Å²) in [6.07, 6.45) is 7.04. The molecule has 0 saturated carbocycles. The molecule has 0 aliphatic heterocycles. The van der Waals surface area contributed by atoms with Crippen LogP contribution >= 0.6 is 23.2 Å². The van der Waals surface area contributed by atoms with Crippen LogP contribution in [0.25, 0.3) is 32.7 Å². The fourth-order valence-electron chi connectivity index (χ4n) is 7.52. The fraction of sp³-hybridized carbons (Fsp3) is 0.176. The van der Waals surface area contributed by atoms with Crippen LogP contribution in [0, 0.1) is 13.8 Å². The third kappa shape index (κ3) is 10.0. The van der Waals surface area contributed by atoms with E-state index in [9.17, 15) is 15.3 Å². The van der Waals surface area contributed by atoms with Gasteiger partial charge in [-0.05, 0) is 142 Å². The van der Waals surface area contributed by atoms with E-state index in [-0.39, 0.29) is 19.8 Å². The van der Waals surface area contributed by atoms with Crippen LogP contribution in [0.3, 0.4) is 0 Å². The summed E-state index contributed by atoms with van der Waals surface area (Å²) in [7, 11) is 0. The van der Waals surface area contributed by atoms with Gasteiger partial charge in [-0.2, -0.15) is 0 Å². The summed E-state index contributed by atoms with van der Waals surface area (Å²) < 4.78 is 2.07. The average molecular weight is 839 g/mol. The number of aliphatic hydroxyl groups is 4. The Hall–Kier alpha value is -5.64. The zero-order valence-corrected chi connectivity index (χ0v) is 35.2. The monoisotopic (exact) mass is 837 g/mol. The van der Waals surface area contributed by atoms with E-state index in [4.69, 9.17) is 28.3 Å². The summed E-state index contributed by atoms with van der Waals surface area (Å²) in [6.45, 7) is 4.84. The lowest BCUT2D eigenvalue weighted by atomic mass is 9.99. The summed E-state index contributed by atoms with van der Waals surface area (Å²) in [5.74, 6) is 0. The molecular weight excluding hydrogens is 789 g/mol. The van der Waals surface area contributed by atoms with E-state index in [1.165, 1.54) is 33.2 Å². The number of aliphatic hydroxyl groups excluding tert-OH is 4. The molecule has 9 aromatic rings. The normalized spacial score (nSPS) is 11.7. The minimum atomic E-state index is -0.723. The number of benzene rings is 6. The molecule has 0 saturated heterocycles. The van der Waals surface area contributed by atoms with E-state index in [1.54, 1.807) is 18.2 Å². The number of aromatic nitrogens is 3. The molecule has 60 heavy (non-hydrogen) atoms. The van der Waals surface area contributed by atoms with Gasteiger partial charge in [-0.25, -0.2) is 0 Å². The second-order valence-corrected chi connectivity index (χ2v) is 15.9. The van der Waals surface area contributed by atoms with Crippen LogP contribution in [-0.4, -0.2) is 35.0 Å². The second-order valence-electron chi connectivity index (χ2n) is 15.1. The van der Waals surface area contributed by atoms with Crippen molar-refractivity contribution in [1.82, 2.24) is 14.5 Å². The highest BCUT2D eigenvalue weighted by Crippen LogP contribution is 2.31. The van der Waals surface area contributed by atoms with Gasteiger partial charge in [0.15, 0.2) is 0 Å². The van der Waals surface area contributed by atoms with Crippen molar-refractivity contribution in [2.45, 2.75) is 59.2 Å². The molecular formula is C51H49Cl2N3O4. The number of hydrogen-bond donors (Lipinski definition) is 6. The third-order valence-electron chi connectivity index (χ3n) is 11.0. The van der Waals surface area contributed by atoms with Crippen LogP contribution in [0.2, 0.25) is 10.0 Å². The molecule has 6 N–H and O–H groups in total. The molecule has 0 spiro atoms. The molecule has 0 bridgehead atoms. The summed E-state index contributed by atoms with van der Waals surface area (Å²) in [5.41, 5.74) is 14.4. The molecule has 0 fully saturated rings. The van der Waals surface area contributed by atoms with Crippen LogP contribution < -0.4 is 0 Å². The Morgan fingerprint density at radius 3 is 1.82 bits per heavy atom. The maximum atomic E-state index is 10.8. The quantitative estimate of drug-likeness (QED) is 0.0822. The summed E-state index contributed by atoms with van der Waals surface area (Å²) >= 11 is 12.1. The van der Waals surface area contributed by atoms with Gasteiger partial charge in [-0.15, -0.1) is 0 Å². The first-order chi connectivity index (χ1) is 29.1. The zero-order chi connectivity index (χ0) is 42.2. The van der Waals surface area contributed by atoms with E-state index in [0.29, 0.717) is 16.6 Å². The maximum absolute atomic E-state index is 10.8. The van der Waals surface area contributed by atoms with E-state index in [2.05, 4.69) is 89.3 Å². The highest BCUT2D eigenvalue weighted by molar-refractivity contribution is 6.42. The van der Waals surface area contributed by atoms with Gasteiger partial charge < -0.3 is 35.0 Å². The first-order valence-electron chi connectivity index (χ1n) is 19.9. The molecule has 9 rings (SSSR count). The molecule has 1 unspecified atom stereocenters. The van der Waals surface area contributed by atoms with Crippen molar-refractivity contribution >= 4 is 55.9 Å². The van der Waals surface area contributed by atoms with Gasteiger partial charge >= 0.3 is 0 Å². The SMILES string of the molecule is Cc1ccccc1Cc1c[nH]c2ccc(CO)cc12.Cc1ccccc1Cc1cn(CC(O)c2ccc(Cl)c(Cl)c2)c2ccc(CO)cc12.OCc1ccc2[nH]ccc2c1. The van der Waals surface area contributed by atoms with E-state index in [1.807, 2.05) is 66.9 Å². The smallest absolute Gasteiger partial charge is 0.0969 e. The van der Waals surface area contributed by atoms with Crippen molar-refractivity contribution in [2.24, 2.45) is 0 Å². The van der Waals surface area contributed by atoms with Crippen LogP contribution in [0.4, 0.5) is 0 Å². The van der Waals surface area contributed by atoms with Crippen molar-refractivity contribution in [3.05, 3.63) is 212 Å². The molecule has 1 atom stereocenters. The number of fused-ring (bicyclic) bond motifs is 3. The Morgan fingerprint density at radius 1 is 0.567 bits per heavy atom. The van der Waals surface area contributed by atoms with E-state index >= 15 is 0 Å². The molecule has 6 aromatic carbocycles. The van der Waals surface area contributed by atoms with Gasteiger partial charge in [-0.3, -0.25) is 0 Å². The van der Waals surface area contributed by atoms with E-state index in [0.717, 1.165) is 68.0 Å². The van der Waals surface area contributed by atoms with Crippen LogP contribution in [0.5, 0.6) is 0 Å². The number of aryl methyl sites for hydroxylation is 2. The number of aromatic amines is 2. The second kappa shape index (κ2) is 19.6. The number of hydrogen-bond acceptors (Lipinski definition) is 4. The number of nitrogens with zero attached hydrogens (tertiary/aromatic N) is 1. The standard InChI is InChI=1S/C25H23Cl2NO2.C17H17NO.C9H9NO/c1-16-4-2-3-5-18(16)11-20-13-28(24-9-6-17(15-29)10-21(20)24)14-25(30)19-7-8-22(26)23(27)12-19;1-12-4-2-3-5-14(12)9-15-10-18-17-7-6-13(11-19)8-16(15)17;11-6-7-1-2-9-8(5-7)3-4-10-9/h2-10,12-13,25,29-30H,11,14-15H2,1H3;2-8,10,18-19H,9,11H2,1H3;1-5,10-11H,6H2. The minimum absolute atomic E-state index is 0.00315. The molecule has 0 aliphatic rings. The largest absolute Gasteiger partial charge is 0.392 e. The molecule has 7 nitrogen and oxygen atoms in total. The maximum Gasteiger partial charge on any atom is 0.0969 e. The van der Waals surface area contributed by atoms with Gasteiger partial charge in [0.05, 0.1) is 42.5 Å². The van der Waals surface area contributed by atoms with Crippen LogP contribution in [0.15, 0.2) is 146 Å². The summed E-state index contributed by atoms with van der Waals surface area (Å²) in [5, 5.41) is 42.8. The first-order valence-corrected chi connectivity index (χ1v) is 20.7. The third-order valence-corrected chi connectivity index (χ3v) is 11.7. The van der Waals surface area contributed by atoms with Gasteiger partial charge in [0, 0.05) is 45.9 Å². The molecule has 3 aromatic heterocycles. The number of rotatable bonds is 10. The lowest BCUT2D eigenvalue weighted by Crippen LogP contribution is -2.08. The van der Waals surface area contributed by atoms with Crippen molar-refractivity contribution < 1.29 is 20.4 Å². The van der Waals surface area contributed by atoms with Crippen molar-refractivity contribution in [2.75, 3.05) is 0 Å². The van der Waals surface area contributed by atoms with Gasteiger partial charge in [0.2, 0.25) is 0 Å². The zero-order valence-electron chi connectivity index (χ0n) is 33.7. The minimum Gasteiger partial charge on any atom is -0.392 e. The Balaban J connectivity index is 0.000000153. The molecule has 0 radical (unpaired) electrons. The topological polar surface area (TPSA) is 117 Å². The number of halogens is 2. The molecule has 306 valence electrons. The van der Waals surface area contributed by atoms with E-state index < -0.39 is 6.10 Å². The van der Waals surface area contributed by atoms with Gasteiger partial charge in [-0.1, -0.05) is 96.0 Å². The predicted molar refractivity (Wildman–Crippen MR) is 246 cm³/mol. The Bertz CT molecular complexity index is 2860. The highest BCUT2D eigenvalue weighted by atomic mass is 35.5. The summed E-state index contributed by atoms with van der Waals surface area (Å²) in [6, 6.07) is 41.9. The van der Waals surface area contributed by atoms with Crippen LogP contribution in [0.1, 0.15) is 61.7 Å². The van der Waals surface area contributed by atoms with Gasteiger partial charge in [0.1, 0.15) is 0 Å². The van der Waals surface area contributed by atoms with Crippen molar-refractivity contribution in [3.8, 4) is 0 Å². The summed E-state index contributed by atoms with van der Waals surface area (Å²) in [4.78, 5) is 6.39. The first kappa shape index (κ1) is 42.5.